The molecule has 1 aromatic heterocycles. The number of ether oxygens (including phenoxy) is 1. The summed E-state index contributed by atoms with van der Waals surface area (Å²) in [6.07, 6.45) is 2.85. The fourth-order valence-electron chi connectivity index (χ4n) is 1.74. The Balaban J connectivity index is 2.86. The lowest BCUT2D eigenvalue weighted by Gasteiger charge is -2.08. The first-order valence-corrected chi connectivity index (χ1v) is 8.63. The number of aromatic nitrogens is 1. The van der Waals surface area contributed by atoms with Crippen molar-refractivity contribution < 1.29 is 17.9 Å². The standard InChI is InChI=1S/C12H19ClN2O4S/c1-3-6-15-9-10(20(13,17)18)8-11(15)12(16)14-5-4-7-19-2/h8-9H,3-7H2,1-2H3,(H,14,16). The van der Waals surface area contributed by atoms with Crippen LogP contribution in [0.3, 0.4) is 0 Å². The Morgan fingerprint density at radius 2 is 2.20 bits per heavy atom. The van der Waals surface area contributed by atoms with E-state index in [1.807, 2.05) is 6.92 Å². The summed E-state index contributed by atoms with van der Waals surface area (Å²) in [4.78, 5) is 12.0. The molecule has 1 heterocycles. The third-order valence-electron chi connectivity index (χ3n) is 2.66. The van der Waals surface area contributed by atoms with E-state index in [1.165, 1.54) is 12.3 Å². The molecule has 6 nitrogen and oxygen atoms in total. The van der Waals surface area contributed by atoms with Gasteiger partial charge in [-0.25, -0.2) is 8.42 Å². The van der Waals surface area contributed by atoms with Gasteiger partial charge in [0.15, 0.2) is 0 Å². The molecule has 0 radical (unpaired) electrons. The van der Waals surface area contributed by atoms with Crippen LogP contribution >= 0.6 is 10.7 Å². The van der Waals surface area contributed by atoms with E-state index in [0.717, 1.165) is 6.42 Å². The fourth-order valence-corrected chi connectivity index (χ4v) is 2.50. The Labute approximate surface area is 123 Å². The second kappa shape index (κ2) is 7.66. The van der Waals surface area contributed by atoms with Crippen LogP contribution < -0.4 is 5.32 Å². The van der Waals surface area contributed by atoms with Crippen molar-refractivity contribution in [2.45, 2.75) is 31.2 Å². The number of hydrogen-bond acceptors (Lipinski definition) is 4. The molecule has 0 spiro atoms. The number of rotatable bonds is 8. The number of hydrogen-bond donors (Lipinski definition) is 1. The average Bonchev–Trinajstić information content (AvgIpc) is 2.79. The molecule has 8 heteroatoms. The molecule has 0 atom stereocenters. The summed E-state index contributed by atoms with van der Waals surface area (Å²) in [6.45, 7) is 3.51. The molecule has 0 aliphatic carbocycles. The zero-order valence-electron chi connectivity index (χ0n) is 11.6. The first-order chi connectivity index (χ1) is 9.40. The predicted molar refractivity (Wildman–Crippen MR) is 76.6 cm³/mol. The summed E-state index contributed by atoms with van der Waals surface area (Å²) in [5, 5.41) is 2.72. The Kier molecular flexibility index (Phi) is 6.51. The molecule has 0 unspecified atom stereocenters. The van der Waals surface area contributed by atoms with Gasteiger partial charge in [0.1, 0.15) is 10.6 Å². The SMILES string of the molecule is CCCn1cc(S(=O)(=O)Cl)cc1C(=O)NCCCOC. The minimum Gasteiger partial charge on any atom is -0.385 e. The number of nitrogens with zero attached hydrogens (tertiary/aromatic N) is 1. The Hall–Kier alpha value is -1.05. The Bertz CT molecular complexity index is 554. The maximum absolute atomic E-state index is 12.0. The fraction of sp³-hybridized carbons (Fsp3) is 0.583. The van der Waals surface area contributed by atoms with E-state index >= 15 is 0 Å². The molecular weight excluding hydrogens is 304 g/mol. The highest BCUT2D eigenvalue weighted by Crippen LogP contribution is 2.19. The minimum absolute atomic E-state index is 0.0605. The molecule has 0 saturated heterocycles. The Morgan fingerprint density at radius 1 is 1.50 bits per heavy atom. The largest absolute Gasteiger partial charge is 0.385 e. The van der Waals surface area contributed by atoms with Crippen LogP contribution in [0, 0.1) is 0 Å². The normalized spacial score (nSPS) is 11.6. The van der Waals surface area contributed by atoms with Crippen LogP contribution in [0.1, 0.15) is 30.3 Å². The van der Waals surface area contributed by atoms with Crippen LogP contribution in [0.4, 0.5) is 0 Å². The molecule has 0 fully saturated rings. The predicted octanol–water partition coefficient (Wildman–Crippen LogP) is 1.59. The van der Waals surface area contributed by atoms with Gasteiger partial charge in [-0.05, 0) is 18.9 Å². The van der Waals surface area contributed by atoms with Crippen molar-refractivity contribution in [2.24, 2.45) is 0 Å². The van der Waals surface area contributed by atoms with Gasteiger partial charge >= 0.3 is 0 Å². The van der Waals surface area contributed by atoms with Crippen LogP contribution in [-0.4, -0.2) is 39.2 Å². The smallest absolute Gasteiger partial charge is 0.267 e. The van der Waals surface area contributed by atoms with E-state index in [1.54, 1.807) is 11.7 Å². The van der Waals surface area contributed by atoms with Crippen molar-refractivity contribution in [2.75, 3.05) is 20.3 Å². The van der Waals surface area contributed by atoms with Gasteiger partial charge in [-0.3, -0.25) is 4.79 Å². The first-order valence-electron chi connectivity index (χ1n) is 6.32. The number of carbonyl (C=O) groups is 1. The van der Waals surface area contributed by atoms with Crippen LogP contribution in [0.15, 0.2) is 17.2 Å². The van der Waals surface area contributed by atoms with E-state index in [4.69, 9.17) is 15.4 Å². The molecule has 114 valence electrons. The molecule has 0 aliphatic heterocycles. The molecule has 0 aromatic carbocycles. The number of carbonyl (C=O) groups excluding carboxylic acids is 1. The quantitative estimate of drug-likeness (QED) is 0.582. The van der Waals surface area contributed by atoms with E-state index in [-0.39, 0.29) is 10.8 Å². The van der Waals surface area contributed by atoms with E-state index in [0.29, 0.717) is 31.8 Å². The van der Waals surface area contributed by atoms with Crippen molar-refractivity contribution in [3.63, 3.8) is 0 Å². The maximum atomic E-state index is 12.0. The molecule has 1 amide bonds. The second-order valence-electron chi connectivity index (χ2n) is 4.29. The summed E-state index contributed by atoms with van der Waals surface area (Å²) >= 11 is 0. The van der Waals surface area contributed by atoms with Gasteiger partial charge in [-0.2, -0.15) is 0 Å². The number of halogens is 1. The summed E-state index contributed by atoms with van der Waals surface area (Å²) < 4.78 is 29.1. The number of aryl methyl sites for hydroxylation is 1. The first kappa shape index (κ1) is 17.0. The topological polar surface area (TPSA) is 77.4 Å². The van der Waals surface area contributed by atoms with Crippen molar-refractivity contribution in [3.8, 4) is 0 Å². The molecule has 1 aromatic rings. The van der Waals surface area contributed by atoms with Gasteiger partial charge in [-0.1, -0.05) is 6.92 Å². The van der Waals surface area contributed by atoms with E-state index in [2.05, 4.69) is 5.32 Å². The van der Waals surface area contributed by atoms with Gasteiger partial charge in [0.05, 0.1) is 0 Å². The van der Waals surface area contributed by atoms with Crippen molar-refractivity contribution in [1.82, 2.24) is 9.88 Å². The number of nitrogens with one attached hydrogen (secondary N) is 1. The molecular formula is C12H19ClN2O4S. The molecule has 1 rings (SSSR count). The van der Waals surface area contributed by atoms with Crippen molar-refractivity contribution >= 4 is 25.6 Å². The van der Waals surface area contributed by atoms with Crippen LogP contribution in [0.5, 0.6) is 0 Å². The summed E-state index contributed by atoms with van der Waals surface area (Å²) in [5.74, 6) is -0.318. The van der Waals surface area contributed by atoms with Gasteiger partial charge in [0.25, 0.3) is 15.0 Å². The van der Waals surface area contributed by atoms with Gasteiger partial charge in [-0.15, -0.1) is 0 Å². The lowest BCUT2D eigenvalue weighted by Crippen LogP contribution is -2.27. The third kappa shape index (κ3) is 4.81. The van der Waals surface area contributed by atoms with Crippen molar-refractivity contribution in [1.29, 1.82) is 0 Å². The summed E-state index contributed by atoms with van der Waals surface area (Å²) in [7, 11) is 3.06. The zero-order valence-corrected chi connectivity index (χ0v) is 13.1. The highest BCUT2D eigenvalue weighted by molar-refractivity contribution is 8.13. The van der Waals surface area contributed by atoms with E-state index < -0.39 is 9.05 Å². The molecule has 0 aliphatic rings. The summed E-state index contributed by atoms with van der Waals surface area (Å²) in [5.41, 5.74) is 0.295. The van der Waals surface area contributed by atoms with Crippen molar-refractivity contribution in [3.05, 3.63) is 18.0 Å². The molecule has 20 heavy (non-hydrogen) atoms. The van der Waals surface area contributed by atoms with E-state index in [9.17, 15) is 13.2 Å². The van der Waals surface area contributed by atoms with Crippen LogP contribution in [-0.2, 0) is 20.3 Å². The molecule has 1 N–H and O–H groups in total. The lowest BCUT2D eigenvalue weighted by molar-refractivity contribution is 0.0939. The van der Waals surface area contributed by atoms with Gasteiger partial charge in [0, 0.05) is 43.7 Å². The average molecular weight is 323 g/mol. The highest BCUT2D eigenvalue weighted by atomic mass is 35.7. The monoisotopic (exact) mass is 322 g/mol. The third-order valence-corrected chi connectivity index (χ3v) is 3.98. The summed E-state index contributed by atoms with van der Waals surface area (Å²) in [6, 6.07) is 1.30. The van der Waals surface area contributed by atoms with Gasteiger partial charge in [0.2, 0.25) is 0 Å². The molecule has 0 saturated carbocycles. The Morgan fingerprint density at radius 3 is 2.75 bits per heavy atom. The number of amides is 1. The molecule has 0 bridgehead atoms. The van der Waals surface area contributed by atoms with Crippen LogP contribution in [0.25, 0.3) is 0 Å². The van der Waals surface area contributed by atoms with Crippen LogP contribution in [0.2, 0.25) is 0 Å². The zero-order chi connectivity index (χ0) is 15.2. The highest BCUT2D eigenvalue weighted by Gasteiger charge is 2.19. The lowest BCUT2D eigenvalue weighted by atomic mass is 10.3. The number of methoxy groups -OCH3 is 1. The maximum Gasteiger partial charge on any atom is 0.267 e. The second-order valence-corrected chi connectivity index (χ2v) is 6.86. The minimum atomic E-state index is -3.83. The van der Waals surface area contributed by atoms with Gasteiger partial charge < -0.3 is 14.6 Å².